The first kappa shape index (κ1) is 18.9. The molecule has 0 saturated heterocycles. The Morgan fingerprint density at radius 3 is 2.44 bits per heavy atom. The van der Waals surface area contributed by atoms with E-state index in [2.05, 4.69) is 21.2 Å². The number of alkyl halides is 1. The van der Waals surface area contributed by atoms with Gasteiger partial charge in [-0.05, 0) is 30.3 Å². The Morgan fingerprint density at radius 2 is 1.88 bits per heavy atom. The van der Waals surface area contributed by atoms with Crippen LogP contribution in [0.2, 0.25) is 5.02 Å². The molecule has 1 atom stereocenters. The number of Topliss-reactive ketones (excluding diaryl/α,β-unsaturated/α-hetero) is 1. The molecule has 130 valence electrons. The standard InChI is InChI=1S/C16H12BrClN2O5/c1-25-11-5-2-9(3-6-11)15(21)14(17)16(22)19-13-8-10(20(23)24)4-7-12(13)18/h2-8,14H,1H3,(H,19,22). The molecule has 1 N–H and O–H groups in total. The van der Waals surface area contributed by atoms with Gasteiger partial charge in [-0.3, -0.25) is 19.7 Å². The van der Waals surface area contributed by atoms with E-state index < -0.39 is 21.4 Å². The molecule has 2 aromatic carbocycles. The Balaban J connectivity index is 2.15. The van der Waals surface area contributed by atoms with Crippen molar-refractivity contribution in [2.75, 3.05) is 12.4 Å². The van der Waals surface area contributed by atoms with E-state index >= 15 is 0 Å². The van der Waals surface area contributed by atoms with Crippen molar-refractivity contribution in [3.63, 3.8) is 0 Å². The Morgan fingerprint density at radius 1 is 1.24 bits per heavy atom. The number of halogens is 2. The molecule has 7 nitrogen and oxygen atoms in total. The second-order valence-corrected chi connectivity index (χ2v) is 6.19. The normalized spacial score (nSPS) is 11.5. The maximum atomic E-state index is 12.3. The summed E-state index contributed by atoms with van der Waals surface area (Å²) < 4.78 is 5.01. The van der Waals surface area contributed by atoms with E-state index in [-0.39, 0.29) is 16.4 Å². The molecule has 0 aliphatic heterocycles. The van der Waals surface area contributed by atoms with Crippen LogP contribution in [0.3, 0.4) is 0 Å². The second kappa shape index (κ2) is 8.09. The summed E-state index contributed by atoms with van der Waals surface area (Å²) in [6.45, 7) is 0. The summed E-state index contributed by atoms with van der Waals surface area (Å²) >= 11 is 8.97. The Hall–Kier alpha value is -2.45. The largest absolute Gasteiger partial charge is 0.497 e. The van der Waals surface area contributed by atoms with Crippen molar-refractivity contribution in [2.24, 2.45) is 0 Å². The number of carbonyl (C=O) groups is 2. The number of benzene rings is 2. The van der Waals surface area contributed by atoms with Crippen molar-refractivity contribution in [1.29, 1.82) is 0 Å². The molecule has 1 amide bonds. The molecule has 0 spiro atoms. The zero-order valence-corrected chi connectivity index (χ0v) is 15.2. The van der Waals surface area contributed by atoms with E-state index in [1.807, 2.05) is 0 Å². The van der Waals surface area contributed by atoms with Crippen LogP contribution in [0, 0.1) is 10.1 Å². The Labute approximate surface area is 156 Å². The van der Waals surface area contributed by atoms with Gasteiger partial charge in [0.1, 0.15) is 5.75 Å². The summed E-state index contributed by atoms with van der Waals surface area (Å²) in [6, 6.07) is 9.89. The van der Waals surface area contributed by atoms with Crippen LogP contribution in [0.15, 0.2) is 42.5 Å². The quantitative estimate of drug-likeness (QED) is 0.248. The third-order valence-corrected chi connectivity index (χ3v) is 4.41. The van der Waals surface area contributed by atoms with Gasteiger partial charge < -0.3 is 10.1 Å². The number of amides is 1. The maximum absolute atomic E-state index is 12.3. The Bertz CT molecular complexity index is 826. The van der Waals surface area contributed by atoms with E-state index in [1.54, 1.807) is 12.1 Å². The fraction of sp³-hybridized carbons (Fsp3) is 0.125. The molecule has 0 aliphatic rings. The highest BCUT2D eigenvalue weighted by Gasteiger charge is 2.25. The zero-order valence-electron chi connectivity index (χ0n) is 12.9. The second-order valence-electron chi connectivity index (χ2n) is 4.87. The molecule has 0 radical (unpaired) electrons. The fourth-order valence-electron chi connectivity index (χ4n) is 1.94. The van der Waals surface area contributed by atoms with Crippen molar-refractivity contribution >= 4 is 50.6 Å². The topological polar surface area (TPSA) is 98.5 Å². The number of anilines is 1. The number of methoxy groups -OCH3 is 1. The predicted molar refractivity (Wildman–Crippen MR) is 96.8 cm³/mol. The first-order chi connectivity index (χ1) is 11.8. The lowest BCUT2D eigenvalue weighted by Crippen LogP contribution is -2.30. The number of carbonyl (C=O) groups excluding carboxylic acids is 2. The van der Waals surface area contributed by atoms with Crippen molar-refractivity contribution in [3.8, 4) is 5.75 Å². The first-order valence-corrected chi connectivity index (χ1v) is 8.20. The molecule has 2 aromatic rings. The van der Waals surface area contributed by atoms with Crippen molar-refractivity contribution in [1.82, 2.24) is 0 Å². The van der Waals surface area contributed by atoms with Gasteiger partial charge in [0.05, 0.1) is 22.7 Å². The lowest BCUT2D eigenvalue weighted by atomic mass is 10.1. The lowest BCUT2D eigenvalue weighted by Gasteiger charge is -2.11. The third kappa shape index (κ3) is 4.55. The molecule has 0 aromatic heterocycles. The van der Waals surface area contributed by atoms with Crippen LogP contribution in [0.1, 0.15) is 10.4 Å². The van der Waals surface area contributed by atoms with Crippen molar-refractivity contribution < 1.29 is 19.2 Å². The molecular weight excluding hydrogens is 416 g/mol. The van der Waals surface area contributed by atoms with Gasteiger partial charge in [0.2, 0.25) is 5.91 Å². The summed E-state index contributed by atoms with van der Waals surface area (Å²) in [7, 11) is 1.50. The summed E-state index contributed by atoms with van der Waals surface area (Å²) in [5, 5.41) is 13.3. The number of hydrogen-bond acceptors (Lipinski definition) is 5. The van der Waals surface area contributed by atoms with Gasteiger partial charge in [0.15, 0.2) is 10.6 Å². The highest BCUT2D eigenvalue weighted by molar-refractivity contribution is 9.10. The van der Waals surface area contributed by atoms with Gasteiger partial charge in [0, 0.05) is 17.7 Å². The number of ether oxygens (including phenoxy) is 1. The number of hydrogen-bond donors (Lipinski definition) is 1. The summed E-state index contributed by atoms with van der Waals surface area (Å²) in [4.78, 5) is 33.6. The minimum atomic E-state index is -1.18. The van der Waals surface area contributed by atoms with E-state index in [1.165, 1.54) is 31.4 Å². The van der Waals surface area contributed by atoms with Crippen LogP contribution in [0.25, 0.3) is 0 Å². The number of nitrogens with zero attached hydrogens (tertiary/aromatic N) is 1. The molecule has 1 unspecified atom stereocenters. The zero-order chi connectivity index (χ0) is 18.6. The fourth-order valence-corrected chi connectivity index (χ4v) is 2.48. The van der Waals surface area contributed by atoms with Crippen LogP contribution in [-0.2, 0) is 4.79 Å². The SMILES string of the molecule is COc1ccc(C(=O)C(Br)C(=O)Nc2cc([N+](=O)[O-])ccc2Cl)cc1. The van der Waals surface area contributed by atoms with Crippen LogP contribution in [0.4, 0.5) is 11.4 Å². The highest BCUT2D eigenvalue weighted by Crippen LogP contribution is 2.27. The van der Waals surface area contributed by atoms with Crippen LogP contribution >= 0.6 is 27.5 Å². The van der Waals surface area contributed by atoms with Crippen molar-refractivity contribution in [2.45, 2.75) is 4.83 Å². The van der Waals surface area contributed by atoms with Crippen LogP contribution < -0.4 is 10.1 Å². The highest BCUT2D eigenvalue weighted by atomic mass is 79.9. The summed E-state index contributed by atoms with van der Waals surface area (Å²) in [5.74, 6) is -0.583. The number of non-ortho nitro benzene ring substituents is 1. The van der Waals surface area contributed by atoms with Gasteiger partial charge in [-0.15, -0.1) is 0 Å². The maximum Gasteiger partial charge on any atom is 0.271 e. The van der Waals surface area contributed by atoms with E-state index in [9.17, 15) is 19.7 Å². The molecule has 0 aliphatic carbocycles. The van der Waals surface area contributed by atoms with Gasteiger partial charge in [-0.2, -0.15) is 0 Å². The Kier molecular flexibility index (Phi) is 6.11. The minimum absolute atomic E-state index is 0.0489. The molecule has 0 saturated carbocycles. The first-order valence-electron chi connectivity index (χ1n) is 6.90. The van der Waals surface area contributed by atoms with Crippen LogP contribution in [0.5, 0.6) is 5.75 Å². The molecule has 2 rings (SSSR count). The lowest BCUT2D eigenvalue weighted by molar-refractivity contribution is -0.384. The third-order valence-electron chi connectivity index (χ3n) is 3.25. The molecule has 9 heteroatoms. The summed E-state index contributed by atoms with van der Waals surface area (Å²) in [5.41, 5.74) is 0.128. The van der Waals surface area contributed by atoms with E-state index in [4.69, 9.17) is 16.3 Å². The van der Waals surface area contributed by atoms with E-state index in [0.717, 1.165) is 6.07 Å². The molecule has 0 fully saturated rings. The van der Waals surface area contributed by atoms with Gasteiger partial charge in [0.25, 0.3) is 5.69 Å². The van der Waals surface area contributed by atoms with Gasteiger partial charge in [-0.1, -0.05) is 27.5 Å². The van der Waals surface area contributed by atoms with Gasteiger partial charge in [-0.25, -0.2) is 0 Å². The van der Waals surface area contributed by atoms with E-state index in [0.29, 0.717) is 11.3 Å². The average molecular weight is 428 g/mol. The molecular formula is C16H12BrClN2O5. The number of ketones is 1. The summed E-state index contributed by atoms with van der Waals surface area (Å²) in [6.07, 6.45) is 0. The molecule has 25 heavy (non-hydrogen) atoms. The number of rotatable bonds is 6. The van der Waals surface area contributed by atoms with Crippen molar-refractivity contribution in [3.05, 3.63) is 63.2 Å². The van der Waals surface area contributed by atoms with Gasteiger partial charge >= 0.3 is 0 Å². The predicted octanol–water partition coefficient (Wildman–Crippen LogP) is 3.84. The number of nitro benzene ring substituents is 1. The smallest absolute Gasteiger partial charge is 0.271 e. The average Bonchev–Trinajstić information content (AvgIpc) is 2.62. The number of nitrogens with one attached hydrogen (secondary N) is 1. The monoisotopic (exact) mass is 426 g/mol. The molecule has 0 heterocycles. The van der Waals surface area contributed by atoms with Crippen LogP contribution in [-0.4, -0.2) is 28.6 Å². The minimum Gasteiger partial charge on any atom is -0.497 e. The number of nitro groups is 1. The molecule has 0 bridgehead atoms.